The molecule has 5 nitrogen and oxygen atoms in total. The number of fused-ring (bicyclic) bond motifs is 1. The minimum absolute atomic E-state index is 0.0377. The summed E-state index contributed by atoms with van der Waals surface area (Å²) in [5, 5.41) is 14.2. The van der Waals surface area contributed by atoms with E-state index < -0.39 is 0 Å². The highest BCUT2D eigenvalue weighted by molar-refractivity contribution is 5.76. The molecule has 3 aliphatic rings. The van der Waals surface area contributed by atoms with Crippen molar-refractivity contribution in [2.45, 2.75) is 65.0 Å². The Morgan fingerprint density at radius 1 is 1.39 bits per heavy atom. The summed E-state index contributed by atoms with van der Waals surface area (Å²) in [7, 11) is 1.57. The molecule has 28 heavy (non-hydrogen) atoms. The maximum absolute atomic E-state index is 12.5. The first-order chi connectivity index (χ1) is 13.3. The van der Waals surface area contributed by atoms with Gasteiger partial charge in [-0.05, 0) is 54.4 Å². The van der Waals surface area contributed by atoms with Crippen LogP contribution in [0.25, 0.3) is 0 Å². The first-order valence-electron chi connectivity index (χ1n) is 10.6. The molecule has 0 aromatic heterocycles. The molecule has 1 aromatic rings. The van der Waals surface area contributed by atoms with Crippen molar-refractivity contribution in [1.82, 2.24) is 5.32 Å². The molecule has 2 N–H and O–H groups in total. The lowest BCUT2D eigenvalue weighted by Gasteiger charge is -2.53. The summed E-state index contributed by atoms with van der Waals surface area (Å²) in [6.45, 7) is 7.32. The number of hydrogen-bond acceptors (Lipinski definition) is 4. The fourth-order valence-electron chi connectivity index (χ4n) is 6.49. The summed E-state index contributed by atoms with van der Waals surface area (Å²) in [5.74, 6) is 1.68. The molecule has 3 fully saturated rings. The number of methoxy groups -OCH3 is 1. The Morgan fingerprint density at radius 2 is 2.18 bits per heavy atom. The Labute approximate surface area is 167 Å². The number of ether oxygens (including phenoxy) is 2. The second-order valence-corrected chi connectivity index (χ2v) is 9.49. The largest absolute Gasteiger partial charge is 0.504 e. The normalized spacial score (nSPS) is 35.4. The molecular weight excluding hydrogens is 354 g/mol. The third-order valence-electron chi connectivity index (χ3n) is 7.84. The van der Waals surface area contributed by atoms with Crippen molar-refractivity contribution in [2.24, 2.45) is 22.7 Å². The zero-order valence-electron chi connectivity index (χ0n) is 17.5. The van der Waals surface area contributed by atoms with E-state index in [1.165, 1.54) is 0 Å². The number of phenolic OH excluding ortho intramolecular Hbond substituents is 1. The van der Waals surface area contributed by atoms with Gasteiger partial charge in [-0.15, -0.1) is 0 Å². The fraction of sp³-hybridized carbons (Fsp3) is 0.696. The van der Waals surface area contributed by atoms with Gasteiger partial charge in [-0.2, -0.15) is 0 Å². The minimum atomic E-state index is -0.157. The molecule has 2 aliphatic carbocycles. The van der Waals surface area contributed by atoms with Gasteiger partial charge < -0.3 is 19.9 Å². The maximum Gasteiger partial charge on any atom is 0.220 e. The molecule has 0 radical (unpaired) electrons. The summed E-state index contributed by atoms with van der Waals surface area (Å²) < 4.78 is 11.6. The summed E-state index contributed by atoms with van der Waals surface area (Å²) in [5.41, 5.74) is 0.932. The fourth-order valence-corrected chi connectivity index (χ4v) is 6.49. The van der Waals surface area contributed by atoms with Crippen molar-refractivity contribution in [3.63, 3.8) is 0 Å². The highest BCUT2D eigenvalue weighted by Gasteiger charge is 2.68. The highest BCUT2D eigenvalue weighted by atomic mass is 16.5. The van der Waals surface area contributed by atoms with Crippen molar-refractivity contribution in [2.75, 3.05) is 13.7 Å². The Hall–Kier alpha value is -1.75. The molecule has 5 atom stereocenters. The topological polar surface area (TPSA) is 67.8 Å². The van der Waals surface area contributed by atoms with Gasteiger partial charge in [0.15, 0.2) is 11.5 Å². The average Bonchev–Trinajstić information content (AvgIpc) is 3.15. The van der Waals surface area contributed by atoms with Gasteiger partial charge in [0.2, 0.25) is 5.91 Å². The third-order valence-corrected chi connectivity index (χ3v) is 7.84. The van der Waals surface area contributed by atoms with Gasteiger partial charge in [0, 0.05) is 24.6 Å². The van der Waals surface area contributed by atoms with E-state index in [1.807, 2.05) is 19.1 Å². The van der Waals surface area contributed by atoms with Crippen LogP contribution >= 0.6 is 0 Å². The lowest BCUT2D eigenvalue weighted by molar-refractivity contribution is -0.137. The lowest BCUT2D eigenvalue weighted by Crippen LogP contribution is -2.58. The number of carbonyl (C=O) groups excluding carboxylic acids is 1. The molecule has 4 rings (SSSR count). The Bertz CT molecular complexity index is 761. The van der Waals surface area contributed by atoms with Crippen LogP contribution in [-0.4, -0.2) is 30.8 Å². The molecule has 154 valence electrons. The molecule has 2 saturated carbocycles. The van der Waals surface area contributed by atoms with Gasteiger partial charge in [-0.1, -0.05) is 32.9 Å². The summed E-state index contributed by atoms with van der Waals surface area (Å²) >= 11 is 0. The van der Waals surface area contributed by atoms with Gasteiger partial charge in [-0.3, -0.25) is 4.79 Å². The van der Waals surface area contributed by atoms with E-state index in [0.717, 1.165) is 31.2 Å². The first kappa shape index (κ1) is 19.6. The van der Waals surface area contributed by atoms with Crippen molar-refractivity contribution in [3.05, 3.63) is 23.8 Å². The minimum Gasteiger partial charge on any atom is -0.504 e. The molecule has 1 amide bonds. The number of benzene rings is 1. The molecule has 5 heteroatoms. The smallest absolute Gasteiger partial charge is 0.220 e. The van der Waals surface area contributed by atoms with Gasteiger partial charge in [-0.25, -0.2) is 0 Å². The van der Waals surface area contributed by atoms with Gasteiger partial charge >= 0.3 is 0 Å². The van der Waals surface area contributed by atoms with Gasteiger partial charge in [0.1, 0.15) is 0 Å². The summed E-state index contributed by atoms with van der Waals surface area (Å²) in [6, 6.07) is 5.79. The third kappa shape index (κ3) is 2.73. The average molecular weight is 388 g/mol. The van der Waals surface area contributed by atoms with Crippen molar-refractivity contribution >= 4 is 5.91 Å². The maximum atomic E-state index is 12.5. The number of rotatable bonds is 5. The Morgan fingerprint density at radius 3 is 2.89 bits per heavy atom. The molecular formula is C23H33NO4. The van der Waals surface area contributed by atoms with Crippen LogP contribution in [0, 0.1) is 22.7 Å². The second-order valence-electron chi connectivity index (χ2n) is 9.49. The monoisotopic (exact) mass is 387 g/mol. The number of carbonyl (C=O) groups is 1. The van der Waals surface area contributed by atoms with E-state index in [2.05, 4.69) is 19.2 Å². The summed E-state index contributed by atoms with van der Waals surface area (Å²) in [6.07, 6.45) is 4.46. The summed E-state index contributed by atoms with van der Waals surface area (Å²) in [4.78, 5) is 12.5. The Balaban J connectivity index is 1.69. The lowest BCUT2D eigenvalue weighted by atomic mass is 9.58. The van der Waals surface area contributed by atoms with Gasteiger partial charge in [0.25, 0.3) is 0 Å². The molecule has 1 aromatic carbocycles. The van der Waals surface area contributed by atoms with Crippen LogP contribution in [0.5, 0.6) is 11.5 Å². The van der Waals surface area contributed by atoms with Crippen LogP contribution in [0.15, 0.2) is 18.2 Å². The standard InChI is InChI=1S/C23H33NO4/c1-5-7-18(25)24-21-22(2,3)14-12-16-20(28-11-10-23(16,21)13-14)15-8-6-9-17(27-4)19(15)26/h6,8-9,14,16,20-21,26H,5,7,10-13H2,1-4H3,(H,24,25)/t14-,16-,20-,21-,23-/m1/s1. The Kier molecular flexibility index (Phi) is 4.85. The van der Waals surface area contributed by atoms with E-state index >= 15 is 0 Å². The zero-order chi connectivity index (χ0) is 20.1. The zero-order valence-corrected chi connectivity index (χ0v) is 17.5. The van der Waals surface area contributed by atoms with E-state index in [1.54, 1.807) is 13.2 Å². The molecule has 1 spiro atoms. The number of hydrogen-bond donors (Lipinski definition) is 2. The first-order valence-corrected chi connectivity index (χ1v) is 10.6. The molecule has 2 bridgehead atoms. The van der Waals surface area contributed by atoms with Crippen LogP contribution < -0.4 is 10.1 Å². The predicted molar refractivity (Wildman–Crippen MR) is 107 cm³/mol. The van der Waals surface area contributed by atoms with Crippen LogP contribution in [-0.2, 0) is 9.53 Å². The number of para-hydroxylation sites is 1. The second kappa shape index (κ2) is 6.94. The van der Waals surface area contributed by atoms with Crippen LogP contribution in [0.4, 0.5) is 0 Å². The van der Waals surface area contributed by atoms with Crippen molar-refractivity contribution < 1.29 is 19.4 Å². The molecule has 0 unspecified atom stereocenters. The molecule has 1 heterocycles. The van der Waals surface area contributed by atoms with E-state index in [9.17, 15) is 9.90 Å². The highest BCUT2D eigenvalue weighted by Crippen LogP contribution is 2.70. The molecule has 1 aliphatic heterocycles. The predicted octanol–water partition coefficient (Wildman–Crippen LogP) is 4.20. The number of nitrogens with one attached hydrogen (secondary N) is 1. The SMILES string of the molecule is CCCC(=O)N[C@@H]1C(C)(C)[C@@H]2C[C@@H]3[C@@H](c4cccc(OC)c4O)OCC[C@@]31C2. The number of aromatic hydroxyl groups is 1. The number of amides is 1. The van der Waals surface area contributed by atoms with E-state index in [0.29, 0.717) is 30.6 Å². The quantitative estimate of drug-likeness (QED) is 0.795. The van der Waals surface area contributed by atoms with Gasteiger partial charge in [0.05, 0.1) is 13.2 Å². The van der Waals surface area contributed by atoms with Crippen molar-refractivity contribution in [1.29, 1.82) is 0 Å². The van der Waals surface area contributed by atoms with Crippen LogP contribution in [0.3, 0.4) is 0 Å². The van der Waals surface area contributed by atoms with E-state index in [-0.39, 0.29) is 34.6 Å². The van der Waals surface area contributed by atoms with E-state index in [4.69, 9.17) is 9.47 Å². The number of phenols is 1. The van der Waals surface area contributed by atoms with Crippen molar-refractivity contribution in [3.8, 4) is 11.5 Å². The van der Waals surface area contributed by atoms with Crippen LogP contribution in [0.2, 0.25) is 0 Å². The van der Waals surface area contributed by atoms with Crippen LogP contribution in [0.1, 0.15) is 64.5 Å². The molecule has 1 saturated heterocycles.